The van der Waals surface area contributed by atoms with Crippen molar-refractivity contribution >= 4 is 12.1 Å². The van der Waals surface area contributed by atoms with Gasteiger partial charge in [-0.25, -0.2) is 9.74 Å². The van der Waals surface area contributed by atoms with Gasteiger partial charge in [-0.1, -0.05) is 64.4 Å². The van der Waals surface area contributed by atoms with Gasteiger partial charge in [0.15, 0.2) is 0 Å². The van der Waals surface area contributed by atoms with Crippen LogP contribution in [0, 0.1) is 5.92 Å². The molecule has 0 radical (unpaired) electrons. The van der Waals surface area contributed by atoms with Crippen LogP contribution < -0.4 is 5.32 Å². The van der Waals surface area contributed by atoms with Crippen LogP contribution in [0.4, 0.5) is 9.32 Å². The molecule has 25 heavy (non-hydrogen) atoms. The maximum atomic E-state index is 11.7. The monoisotopic (exact) mass is 355 g/mol. The van der Waals surface area contributed by atoms with Gasteiger partial charge in [-0.15, -0.1) is 0 Å². The number of carbonyl (C=O) groups is 2. The Morgan fingerprint density at radius 1 is 1.32 bits per heavy atom. The minimum Gasteiger partial charge on any atom is -0.466 e. The number of nitrogens with one attached hydrogen (secondary N) is 1. The van der Waals surface area contributed by atoms with E-state index in [0.717, 1.165) is 18.4 Å². The molecule has 1 saturated heterocycles. The number of rotatable bonds is 5. The summed E-state index contributed by atoms with van der Waals surface area (Å²) in [5, 5.41) is 2.53. The predicted octanol–water partition coefficient (Wildman–Crippen LogP) is 4.60. The molecule has 1 N–H and O–H groups in total. The van der Waals surface area contributed by atoms with Gasteiger partial charge in [0.2, 0.25) is 0 Å². The van der Waals surface area contributed by atoms with Gasteiger partial charge in [-0.3, -0.25) is 4.79 Å². The first-order chi connectivity index (χ1) is 12.1. The molecule has 1 fully saturated rings. The number of halogens is 1. The average molecular weight is 355 g/mol. The van der Waals surface area contributed by atoms with Gasteiger partial charge in [0, 0.05) is 17.0 Å². The lowest BCUT2D eigenvalue weighted by Gasteiger charge is -2.23. The zero-order valence-electron chi connectivity index (χ0n) is 15.6. The van der Waals surface area contributed by atoms with Crippen molar-refractivity contribution in [2.24, 2.45) is 5.92 Å². The number of carbonyl (C=O) groups excluding carboxylic acids is 2. The lowest BCUT2D eigenvalue weighted by Crippen LogP contribution is -2.40. The largest absolute Gasteiger partial charge is 0.466 e. The van der Waals surface area contributed by atoms with Gasteiger partial charge >= 0.3 is 12.1 Å². The predicted molar refractivity (Wildman–Crippen MR) is 95.7 cm³/mol. The summed E-state index contributed by atoms with van der Waals surface area (Å²) in [6.45, 7) is 8.69. The molecule has 2 atom stereocenters. The number of amides is 1. The fourth-order valence-corrected chi connectivity index (χ4v) is 2.20. The number of hydrogen-bond acceptors (Lipinski definition) is 4. The second kappa shape index (κ2) is 14.3. The molecule has 0 aromatic heterocycles. The molecule has 2 unspecified atom stereocenters. The van der Waals surface area contributed by atoms with E-state index in [1.54, 1.807) is 0 Å². The maximum absolute atomic E-state index is 11.7. The third kappa shape index (κ3) is 10.4. The molecule has 0 spiro atoms. The number of ether oxygens (including phenoxy) is 1. The molecule has 1 aliphatic rings. The normalized spacial score (nSPS) is 14.7. The van der Waals surface area contributed by atoms with Gasteiger partial charge in [-0.05, 0) is 24.3 Å². The Balaban J connectivity index is 0.000000596. The van der Waals surface area contributed by atoms with Crippen molar-refractivity contribution in [1.82, 2.24) is 5.32 Å². The van der Waals surface area contributed by atoms with Crippen LogP contribution in [-0.4, -0.2) is 24.7 Å². The van der Waals surface area contributed by atoms with Crippen molar-refractivity contribution in [3.63, 3.8) is 0 Å². The summed E-state index contributed by atoms with van der Waals surface area (Å²) in [5.41, 5.74) is 1.11. The van der Waals surface area contributed by atoms with Crippen LogP contribution in [-0.2, 0) is 20.9 Å². The summed E-state index contributed by atoms with van der Waals surface area (Å²) >= 11 is 0. The van der Waals surface area contributed by atoms with E-state index in [4.69, 9.17) is 0 Å². The zero-order valence-corrected chi connectivity index (χ0v) is 15.6. The van der Waals surface area contributed by atoms with E-state index in [1.165, 1.54) is 0 Å². The highest BCUT2D eigenvalue weighted by atomic mass is 19.3. The Morgan fingerprint density at radius 2 is 1.96 bits per heavy atom. The maximum Gasteiger partial charge on any atom is 0.445 e. The van der Waals surface area contributed by atoms with Crippen LogP contribution in [0.5, 0.6) is 0 Å². The molecule has 0 saturated carbocycles. The molecule has 0 bridgehead atoms. The highest BCUT2D eigenvalue weighted by Crippen LogP contribution is 2.13. The van der Waals surface area contributed by atoms with Crippen molar-refractivity contribution in [1.29, 1.82) is 0 Å². The first-order valence-corrected chi connectivity index (χ1v) is 8.85. The first kappa shape index (κ1) is 22.9. The van der Waals surface area contributed by atoms with E-state index in [1.807, 2.05) is 58.0 Å². The fraction of sp³-hybridized carbons (Fsp3) is 0.579. The van der Waals surface area contributed by atoms with Gasteiger partial charge in [0.25, 0.3) is 0 Å². The number of cyclic esters (lactones) is 1. The van der Waals surface area contributed by atoms with E-state index < -0.39 is 6.09 Å². The zero-order chi connectivity index (χ0) is 19.1. The SMILES string of the molecule is CC.CCC(C)C(Cc1ccccc1)NC(=O)OF.O=C1CCCO1. The van der Waals surface area contributed by atoms with Crippen LogP contribution in [0.15, 0.2) is 30.3 Å². The van der Waals surface area contributed by atoms with Crippen LogP contribution in [0.1, 0.15) is 52.5 Å². The van der Waals surface area contributed by atoms with Crippen LogP contribution in [0.2, 0.25) is 0 Å². The van der Waals surface area contributed by atoms with Crippen LogP contribution >= 0.6 is 0 Å². The van der Waals surface area contributed by atoms with Gasteiger partial charge in [0.1, 0.15) is 0 Å². The fourth-order valence-electron chi connectivity index (χ4n) is 2.20. The summed E-state index contributed by atoms with van der Waals surface area (Å²) in [6.07, 6.45) is 2.10. The van der Waals surface area contributed by atoms with Crippen molar-refractivity contribution in [3.05, 3.63) is 35.9 Å². The smallest absolute Gasteiger partial charge is 0.445 e. The van der Waals surface area contributed by atoms with Gasteiger partial charge in [0.05, 0.1) is 6.61 Å². The van der Waals surface area contributed by atoms with Gasteiger partial charge in [-0.2, -0.15) is 0 Å². The van der Waals surface area contributed by atoms with Gasteiger partial charge < -0.3 is 10.1 Å². The second-order valence-electron chi connectivity index (χ2n) is 5.51. The Morgan fingerprint density at radius 3 is 2.36 bits per heavy atom. The second-order valence-corrected chi connectivity index (χ2v) is 5.51. The Hall–Kier alpha value is -2.11. The number of benzene rings is 1. The molecule has 1 aromatic rings. The molecule has 5 nitrogen and oxygen atoms in total. The molecular weight excluding hydrogens is 325 g/mol. The molecule has 0 aliphatic carbocycles. The molecule has 142 valence electrons. The highest BCUT2D eigenvalue weighted by molar-refractivity contribution is 5.70. The quantitative estimate of drug-likeness (QED) is 0.784. The molecule has 1 amide bonds. The molecule has 1 aliphatic heterocycles. The van der Waals surface area contributed by atoms with E-state index in [-0.39, 0.29) is 17.9 Å². The summed E-state index contributed by atoms with van der Waals surface area (Å²) in [5.74, 6) is 0.212. The minimum absolute atomic E-state index is 0.0463. The Bertz CT molecular complexity index is 474. The van der Waals surface area contributed by atoms with E-state index in [2.05, 4.69) is 15.0 Å². The van der Waals surface area contributed by atoms with Crippen LogP contribution in [0.25, 0.3) is 0 Å². The van der Waals surface area contributed by atoms with Crippen molar-refractivity contribution in [3.8, 4) is 0 Å². The standard InChI is InChI=1S/C13H18FNO2.C4H6O2.C2H6/c1-3-10(2)12(15-13(16)17-14)9-11-7-5-4-6-8-11;5-4-2-1-3-6-4;1-2/h4-8,10,12H,3,9H2,1-2H3,(H,15,16);1-3H2;1-2H3. The van der Waals surface area contributed by atoms with Crippen molar-refractivity contribution in [2.45, 2.75) is 59.4 Å². The van der Waals surface area contributed by atoms with Crippen molar-refractivity contribution in [2.75, 3.05) is 6.61 Å². The first-order valence-electron chi connectivity index (χ1n) is 8.85. The van der Waals surface area contributed by atoms with Crippen molar-refractivity contribution < 1.29 is 23.8 Å². The number of hydrogen-bond donors (Lipinski definition) is 1. The summed E-state index contributed by atoms with van der Waals surface area (Å²) in [4.78, 5) is 24.1. The molecule has 1 heterocycles. The molecule has 1 aromatic carbocycles. The lowest BCUT2D eigenvalue weighted by molar-refractivity contribution is -0.137. The topological polar surface area (TPSA) is 64.6 Å². The van der Waals surface area contributed by atoms with Crippen LogP contribution in [0.3, 0.4) is 0 Å². The number of esters is 1. The Kier molecular flexibility index (Phi) is 13.0. The molecule has 6 heteroatoms. The third-order valence-corrected chi connectivity index (χ3v) is 3.79. The summed E-state index contributed by atoms with van der Waals surface area (Å²) in [7, 11) is 0. The highest BCUT2D eigenvalue weighted by Gasteiger charge is 2.19. The minimum atomic E-state index is -1.02. The molecular formula is C19H30FNO4. The molecule has 2 rings (SSSR count). The van der Waals surface area contributed by atoms with E-state index in [0.29, 0.717) is 19.4 Å². The van der Waals surface area contributed by atoms with E-state index >= 15 is 0 Å². The van der Waals surface area contributed by atoms with E-state index in [9.17, 15) is 14.1 Å². The third-order valence-electron chi connectivity index (χ3n) is 3.79. The Labute approximate surface area is 149 Å². The average Bonchev–Trinajstić information content (AvgIpc) is 3.14. The lowest BCUT2D eigenvalue weighted by atomic mass is 9.93. The summed E-state index contributed by atoms with van der Waals surface area (Å²) < 4.78 is 16.3. The summed E-state index contributed by atoms with van der Waals surface area (Å²) in [6, 6.07) is 9.67.